The number of ether oxygens (including phenoxy) is 2. The third kappa shape index (κ3) is 4.37. The molecule has 1 unspecified atom stereocenters. The zero-order valence-corrected chi connectivity index (χ0v) is 13.7. The summed E-state index contributed by atoms with van der Waals surface area (Å²) in [6.45, 7) is -2.88. The Morgan fingerprint density at radius 3 is 2.08 bits per heavy atom. The monoisotopic (exact) mass is 351 g/mol. The van der Waals surface area contributed by atoms with Gasteiger partial charge in [0.15, 0.2) is 0 Å². The van der Waals surface area contributed by atoms with Crippen molar-refractivity contribution in [2.75, 3.05) is 0 Å². The molecule has 3 nitrogen and oxygen atoms in total. The van der Waals surface area contributed by atoms with Crippen LogP contribution >= 0.6 is 0 Å². The number of nitriles is 1. The molecule has 26 heavy (non-hydrogen) atoms. The van der Waals surface area contributed by atoms with Crippen LogP contribution in [0.4, 0.5) is 8.78 Å². The van der Waals surface area contributed by atoms with Gasteiger partial charge in [0.05, 0.1) is 12.0 Å². The van der Waals surface area contributed by atoms with Crippen LogP contribution in [-0.2, 0) is 0 Å². The highest BCUT2D eigenvalue weighted by Gasteiger charge is 2.15. The van der Waals surface area contributed by atoms with Crippen LogP contribution in [0.5, 0.6) is 17.2 Å². The predicted molar refractivity (Wildman–Crippen MR) is 93.5 cm³/mol. The molecule has 0 bridgehead atoms. The molecule has 1 atom stereocenters. The molecule has 0 radical (unpaired) electrons. The maximum Gasteiger partial charge on any atom is 0.387 e. The highest BCUT2D eigenvalue weighted by molar-refractivity contribution is 5.43. The number of halogens is 2. The van der Waals surface area contributed by atoms with Gasteiger partial charge in [-0.05, 0) is 47.5 Å². The highest BCUT2D eigenvalue weighted by atomic mass is 19.3. The fraction of sp³-hybridized carbons (Fsp3) is 0.0952. The maximum absolute atomic E-state index is 12.2. The van der Waals surface area contributed by atoms with Gasteiger partial charge in [0.2, 0.25) is 0 Å². The van der Waals surface area contributed by atoms with Crippen LogP contribution in [0.2, 0.25) is 0 Å². The van der Waals surface area contributed by atoms with Crippen molar-refractivity contribution >= 4 is 0 Å². The van der Waals surface area contributed by atoms with Crippen molar-refractivity contribution < 1.29 is 18.3 Å². The smallest absolute Gasteiger partial charge is 0.387 e. The van der Waals surface area contributed by atoms with E-state index in [2.05, 4.69) is 10.8 Å². The number of nitrogens with zero attached hydrogens (tertiary/aromatic N) is 1. The molecule has 3 rings (SSSR count). The third-order valence-electron chi connectivity index (χ3n) is 3.74. The van der Waals surface area contributed by atoms with E-state index >= 15 is 0 Å². The van der Waals surface area contributed by atoms with Crippen molar-refractivity contribution in [3.8, 4) is 23.3 Å². The topological polar surface area (TPSA) is 42.2 Å². The van der Waals surface area contributed by atoms with E-state index in [1.807, 2.05) is 48.5 Å². The summed E-state index contributed by atoms with van der Waals surface area (Å²) < 4.78 is 34.6. The number of benzene rings is 3. The van der Waals surface area contributed by atoms with E-state index in [-0.39, 0.29) is 5.75 Å². The van der Waals surface area contributed by atoms with Crippen LogP contribution in [0.25, 0.3) is 0 Å². The molecule has 0 aliphatic carbocycles. The number of alkyl halides is 2. The SMILES string of the molecule is N#CC(c1ccc(OC(F)F)cc1)c1cccc(Oc2ccccc2)c1. The highest BCUT2D eigenvalue weighted by Crippen LogP contribution is 2.30. The molecule has 0 saturated carbocycles. The molecule has 3 aromatic carbocycles. The minimum Gasteiger partial charge on any atom is -0.457 e. The average molecular weight is 351 g/mol. The maximum atomic E-state index is 12.2. The molecule has 0 aromatic heterocycles. The lowest BCUT2D eigenvalue weighted by molar-refractivity contribution is -0.0498. The van der Waals surface area contributed by atoms with Crippen LogP contribution in [0, 0.1) is 11.3 Å². The van der Waals surface area contributed by atoms with Gasteiger partial charge >= 0.3 is 6.61 Å². The molecular formula is C21H15F2NO2. The van der Waals surface area contributed by atoms with E-state index in [0.29, 0.717) is 17.1 Å². The lowest BCUT2D eigenvalue weighted by atomic mass is 9.92. The van der Waals surface area contributed by atoms with E-state index < -0.39 is 12.5 Å². The van der Waals surface area contributed by atoms with Gasteiger partial charge in [-0.15, -0.1) is 0 Å². The first-order chi connectivity index (χ1) is 12.7. The summed E-state index contributed by atoms with van der Waals surface area (Å²) in [7, 11) is 0. The largest absolute Gasteiger partial charge is 0.457 e. The van der Waals surface area contributed by atoms with Crippen molar-refractivity contribution in [2.24, 2.45) is 0 Å². The molecule has 3 aromatic rings. The van der Waals surface area contributed by atoms with Gasteiger partial charge < -0.3 is 9.47 Å². The van der Waals surface area contributed by atoms with E-state index in [9.17, 15) is 14.0 Å². The first kappa shape index (κ1) is 17.4. The first-order valence-corrected chi connectivity index (χ1v) is 7.93. The summed E-state index contributed by atoms with van der Waals surface area (Å²) in [6, 6.07) is 24.9. The standard InChI is InChI=1S/C21H15F2NO2/c22-21(23)26-18-11-9-15(10-12-18)20(14-24)16-5-4-8-19(13-16)25-17-6-2-1-3-7-17/h1-13,20-21H. The second-order valence-electron chi connectivity index (χ2n) is 5.50. The molecule has 0 N–H and O–H groups in total. The van der Waals surface area contributed by atoms with Crippen LogP contribution in [0.15, 0.2) is 78.9 Å². The van der Waals surface area contributed by atoms with Crippen molar-refractivity contribution in [2.45, 2.75) is 12.5 Å². The Balaban J connectivity index is 1.82. The van der Waals surface area contributed by atoms with Crippen molar-refractivity contribution in [1.82, 2.24) is 0 Å². The van der Waals surface area contributed by atoms with Crippen LogP contribution in [0.3, 0.4) is 0 Å². The third-order valence-corrected chi connectivity index (χ3v) is 3.74. The summed E-state index contributed by atoms with van der Waals surface area (Å²) in [5.74, 6) is 0.829. The van der Waals surface area contributed by atoms with Crippen molar-refractivity contribution in [3.63, 3.8) is 0 Å². The van der Waals surface area contributed by atoms with Crippen LogP contribution < -0.4 is 9.47 Å². The normalized spacial score (nSPS) is 11.6. The van der Waals surface area contributed by atoms with Crippen LogP contribution in [0.1, 0.15) is 17.0 Å². The van der Waals surface area contributed by atoms with Gasteiger partial charge in [-0.25, -0.2) is 0 Å². The molecular weight excluding hydrogens is 336 g/mol. The van der Waals surface area contributed by atoms with Gasteiger partial charge in [-0.2, -0.15) is 14.0 Å². The molecule has 0 heterocycles. The quantitative estimate of drug-likeness (QED) is 0.569. The van der Waals surface area contributed by atoms with Crippen LogP contribution in [-0.4, -0.2) is 6.61 Å². The molecule has 0 saturated heterocycles. The Kier molecular flexibility index (Phi) is 5.45. The molecule has 5 heteroatoms. The molecule has 0 aliphatic heterocycles. The van der Waals surface area contributed by atoms with E-state index in [1.54, 1.807) is 18.2 Å². The van der Waals surface area contributed by atoms with E-state index in [4.69, 9.17) is 4.74 Å². The number of hydrogen-bond donors (Lipinski definition) is 0. The molecule has 0 spiro atoms. The zero-order valence-electron chi connectivity index (χ0n) is 13.7. The summed E-state index contributed by atoms with van der Waals surface area (Å²) in [6.07, 6.45) is 0. The molecule has 130 valence electrons. The summed E-state index contributed by atoms with van der Waals surface area (Å²) >= 11 is 0. The summed E-state index contributed by atoms with van der Waals surface area (Å²) in [4.78, 5) is 0. The second-order valence-corrected chi connectivity index (χ2v) is 5.50. The van der Waals surface area contributed by atoms with Crippen molar-refractivity contribution in [1.29, 1.82) is 5.26 Å². The summed E-state index contributed by atoms with van der Waals surface area (Å²) in [5.41, 5.74) is 1.44. The second kappa shape index (κ2) is 8.13. The molecule has 0 fully saturated rings. The number of hydrogen-bond acceptors (Lipinski definition) is 3. The number of rotatable bonds is 6. The van der Waals surface area contributed by atoms with Gasteiger partial charge in [0, 0.05) is 0 Å². The predicted octanol–water partition coefficient (Wildman–Crippen LogP) is 5.74. The zero-order chi connectivity index (χ0) is 18.4. The van der Waals surface area contributed by atoms with Gasteiger partial charge in [0.1, 0.15) is 17.2 Å². The fourth-order valence-electron chi connectivity index (χ4n) is 2.57. The Labute approximate surface area is 150 Å². The Morgan fingerprint density at radius 2 is 1.42 bits per heavy atom. The van der Waals surface area contributed by atoms with E-state index in [0.717, 1.165) is 5.56 Å². The Morgan fingerprint density at radius 1 is 0.731 bits per heavy atom. The lowest BCUT2D eigenvalue weighted by Crippen LogP contribution is -2.03. The fourth-order valence-corrected chi connectivity index (χ4v) is 2.57. The minimum absolute atomic E-state index is 0.0570. The average Bonchev–Trinajstić information content (AvgIpc) is 2.64. The van der Waals surface area contributed by atoms with E-state index in [1.165, 1.54) is 12.1 Å². The van der Waals surface area contributed by atoms with Gasteiger partial charge in [-0.3, -0.25) is 0 Å². The van der Waals surface area contributed by atoms with Gasteiger partial charge in [-0.1, -0.05) is 42.5 Å². The van der Waals surface area contributed by atoms with Gasteiger partial charge in [0.25, 0.3) is 0 Å². The number of para-hydroxylation sites is 1. The summed E-state index contributed by atoms with van der Waals surface area (Å²) in [5, 5.41) is 9.59. The Bertz CT molecular complexity index is 890. The minimum atomic E-state index is -2.88. The van der Waals surface area contributed by atoms with Crippen molar-refractivity contribution in [3.05, 3.63) is 90.0 Å². The first-order valence-electron chi connectivity index (χ1n) is 7.93. The lowest BCUT2D eigenvalue weighted by Gasteiger charge is -2.13. The Hall–Kier alpha value is -3.39. The molecule has 0 amide bonds. The molecule has 0 aliphatic rings.